The lowest BCUT2D eigenvalue weighted by Gasteiger charge is -2.29. The molecular formula is C27H22N2O3S2. The lowest BCUT2D eigenvalue weighted by molar-refractivity contribution is -0.136. The van der Waals surface area contributed by atoms with E-state index in [-0.39, 0.29) is 12.5 Å². The quantitative estimate of drug-likeness (QED) is 0.448. The molecule has 2 aliphatic rings. The molecule has 1 fully saturated rings. The van der Waals surface area contributed by atoms with Crippen LogP contribution in [-0.4, -0.2) is 39.9 Å². The lowest BCUT2D eigenvalue weighted by Crippen LogP contribution is -2.44. The first-order valence-corrected chi connectivity index (χ1v) is 12.6. The zero-order valence-electron chi connectivity index (χ0n) is 18.3. The summed E-state index contributed by atoms with van der Waals surface area (Å²) in [6.45, 7) is 0.875. The molecule has 0 aliphatic carbocycles. The lowest BCUT2D eigenvalue weighted by atomic mass is 10.00. The van der Waals surface area contributed by atoms with E-state index in [2.05, 4.69) is 18.2 Å². The van der Waals surface area contributed by atoms with Gasteiger partial charge in [-0.2, -0.15) is 0 Å². The molecule has 0 saturated carbocycles. The van der Waals surface area contributed by atoms with Gasteiger partial charge in [-0.1, -0.05) is 66.4 Å². The summed E-state index contributed by atoms with van der Waals surface area (Å²) in [4.78, 5) is 43.6. The monoisotopic (exact) mass is 486 g/mol. The predicted molar refractivity (Wildman–Crippen MR) is 135 cm³/mol. The Hall–Kier alpha value is -3.29. The topological polar surface area (TPSA) is 57.7 Å². The molecule has 1 saturated heterocycles. The average Bonchev–Trinajstić information content (AvgIpc) is 3.12. The number of carbonyl (C=O) groups excluding carboxylic acids is 3. The third-order valence-electron chi connectivity index (χ3n) is 5.81. The highest BCUT2D eigenvalue weighted by Crippen LogP contribution is 2.33. The summed E-state index contributed by atoms with van der Waals surface area (Å²) in [5.74, 6) is -0.621. The van der Waals surface area contributed by atoms with E-state index in [9.17, 15) is 14.4 Å². The van der Waals surface area contributed by atoms with E-state index in [0.29, 0.717) is 18.0 Å². The van der Waals surface area contributed by atoms with E-state index in [0.717, 1.165) is 44.0 Å². The maximum Gasteiger partial charge on any atom is 0.294 e. The number of rotatable bonds is 5. The fourth-order valence-electron chi connectivity index (χ4n) is 3.99. The molecule has 0 N–H and O–H groups in total. The Morgan fingerprint density at radius 1 is 0.882 bits per heavy atom. The molecule has 3 amide bonds. The number of benzene rings is 3. The van der Waals surface area contributed by atoms with Crippen LogP contribution in [0.3, 0.4) is 0 Å². The molecule has 3 aromatic rings. The summed E-state index contributed by atoms with van der Waals surface area (Å²) in [5, 5.41) is -0.404. The molecule has 2 aliphatic heterocycles. The number of carbonyl (C=O) groups is 3. The third kappa shape index (κ3) is 4.95. The second-order valence-electron chi connectivity index (χ2n) is 8.09. The minimum Gasteiger partial charge on any atom is -0.336 e. The second kappa shape index (κ2) is 9.91. The van der Waals surface area contributed by atoms with Gasteiger partial charge in [-0.3, -0.25) is 19.3 Å². The molecule has 7 heteroatoms. The Morgan fingerprint density at radius 3 is 2.32 bits per heavy atom. The molecule has 0 aromatic heterocycles. The molecule has 0 spiro atoms. The predicted octanol–water partition coefficient (Wildman–Crippen LogP) is 5.46. The van der Waals surface area contributed by atoms with Crippen LogP contribution in [0.25, 0.3) is 6.08 Å². The van der Waals surface area contributed by atoms with Crippen molar-refractivity contribution >= 4 is 46.7 Å². The van der Waals surface area contributed by atoms with Crippen molar-refractivity contribution < 1.29 is 14.4 Å². The van der Waals surface area contributed by atoms with Gasteiger partial charge in [0.25, 0.3) is 11.1 Å². The number of fused-ring (bicyclic) bond motifs is 1. The number of nitrogens with zero attached hydrogens (tertiary/aromatic N) is 2. The summed E-state index contributed by atoms with van der Waals surface area (Å²) >= 11 is 2.54. The van der Waals surface area contributed by atoms with Gasteiger partial charge in [0.05, 0.1) is 4.91 Å². The second-order valence-corrected chi connectivity index (χ2v) is 10.2. The Morgan fingerprint density at radius 2 is 1.56 bits per heavy atom. The maximum atomic E-state index is 12.9. The van der Waals surface area contributed by atoms with Crippen molar-refractivity contribution in [2.45, 2.75) is 22.8 Å². The molecule has 5 rings (SSSR count). The van der Waals surface area contributed by atoms with Gasteiger partial charge in [-0.15, -0.1) is 0 Å². The summed E-state index contributed by atoms with van der Waals surface area (Å²) < 4.78 is 0. The van der Waals surface area contributed by atoms with E-state index < -0.39 is 11.1 Å². The van der Waals surface area contributed by atoms with Crippen molar-refractivity contribution in [1.29, 1.82) is 0 Å². The molecular weight excluding hydrogens is 464 g/mol. The zero-order chi connectivity index (χ0) is 23.5. The van der Waals surface area contributed by atoms with Crippen molar-refractivity contribution in [1.82, 2.24) is 9.80 Å². The van der Waals surface area contributed by atoms with Crippen LogP contribution in [0, 0.1) is 0 Å². The van der Waals surface area contributed by atoms with Gasteiger partial charge in [-0.25, -0.2) is 0 Å². The normalized spacial score (nSPS) is 16.8. The van der Waals surface area contributed by atoms with E-state index >= 15 is 0 Å². The summed E-state index contributed by atoms with van der Waals surface area (Å²) in [5.41, 5.74) is 3.20. The highest BCUT2D eigenvalue weighted by atomic mass is 32.2. The average molecular weight is 487 g/mol. The van der Waals surface area contributed by atoms with Crippen LogP contribution in [-0.2, 0) is 22.6 Å². The molecule has 0 radical (unpaired) electrons. The standard InChI is InChI=1S/C27H22N2O3S2/c30-25(28-15-14-20-6-4-5-7-21(20)17-28)18-29-26(31)24(34-27(29)32)16-19-10-12-23(13-11-19)33-22-8-2-1-3-9-22/h1-13,16H,14-15,17-18H2. The SMILES string of the molecule is O=C(CN1C(=O)SC(=Cc2ccc(Sc3ccccc3)cc2)C1=O)N1CCc2ccccc2C1. The largest absolute Gasteiger partial charge is 0.336 e. The zero-order valence-corrected chi connectivity index (χ0v) is 20.0. The first kappa shape index (κ1) is 22.5. The molecule has 2 heterocycles. The van der Waals surface area contributed by atoms with Crippen LogP contribution in [0.1, 0.15) is 16.7 Å². The third-order valence-corrected chi connectivity index (χ3v) is 7.73. The van der Waals surface area contributed by atoms with E-state index in [1.54, 1.807) is 22.7 Å². The van der Waals surface area contributed by atoms with Crippen molar-refractivity contribution in [2.24, 2.45) is 0 Å². The van der Waals surface area contributed by atoms with Gasteiger partial charge in [0.2, 0.25) is 5.91 Å². The Kier molecular flexibility index (Phi) is 6.56. The van der Waals surface area contributed by atoms with Gasteiger partial charge >= 0.3 is 0 Å². The first-order chi connectivity index (χ1) is 16.6. The van der Waals surface area contributed by atoms with Gasteiger partial charge in [0, 0.05) is 22.9 Å². The molecule has 170 valence electrons. The fraction of sp³-hybridized carbons (Fsp3) is 0.148. The molecule has 0 bridgehead atoms. The van der Waals surface area contributed by atoms with Crippen molar-refractivity contribution in [3.63, 3.8) is 0 Å². The fourth-order valence-corrected chi connectivity index (χ4v) is 5.66. The van der Waals surface area contributed by atoms with Crippen LogP contribution in [0.2, 0.25) is 0 Å². The van der Waals surface area contributed by atoms with Crippen LogP contribution in [0.4, 0.5) is 4.79 Å². The van der Waals surface area contributed by atoms with Gasteiger partial charge in [-0.05, 0) is 65.2 Å². The number of imide groups is 1. The van der Waals surface area contributed by atoms with Gasteiger partial charge < -0.3 is 4.90 Å². The summed E-state index contributed by atoms with van der Waals surface area (Å²) in [6, 6.07) is 26.0. The highest BCUT2D eigenvalue weighted by Gasteiger charge is 2.37. The van der Waals surface area contributed by atoms with E-state index in [4.69, 9.17) is 0 Å². The number of amides is 3. The van der Waals surface area contributed by atoms with E-state index in [1.165, 1.54) is 5.56 Å². The van der Waals surface area contributed by atoms with Gasteiger partial charge in [0.1, 0.15) is 6.54 Å². The van der Waals surface area contributed by atoms with Crippen LogP contribution in [0.5, 0.6) is 0 Å². The van der Waals surface area contributed by atoms with E-state index in [1.807, 2.05) is 60.7 Å². The Balaban J connectivity index is 1.23. The molecule has 34 heavy (non-hydrogen) atoms. The molecule has 5 nitrogen and oxygen atoms in total. The van der Waals surface area contributed by atoms with Crippen molar-refractivity contribution in [2.75, 3.05) is 13.1 Å². The first-order valence-electron chi connectivity index (χ1n) is 11.0. The number of hydrogen-bond donors (Lipinski definition) is 0. The van der Waals surface area contributed by atoms with Crippen molar-refractivity contribution in [3.8, 4) is 0 Å². The van der Waals surface area contributed by atoms with Crippen LogP contribution in [0.15, 0.2) is 93.6 Å². The van der Waals surface area contributed by atoms with Crippen molar-refractivity contribution in [3.05, 3.63) is 100 Å². The molecule has 3 aromatic carbocycles. The Labute approximate surface area is 206 Å². The van der Waals surface area contributed by atoms with Crippen LogP contribution < -0.4 is 0 Å². The highest BCUT2D eigenvalue weighted by molar-refractivity contribution is 8.18. The molecule has 0 unspecified atom stereocenters. The summed E-state index contributed by atoms with van der Waals surface area (Å²) in [7, 11) is 0. The number of hydrogen-bond acceptors (Lipinski definition) is 5. The smallest absolute Gasteiger partial charge is 0.294 e. The summed E-state index contributed by atoms with van der Waals surface area (Å²) in [6.07, 6.45) is 2.49. The minimum absolute atomic E-state index is 0.208. The Bertz CT molecular complexity index is 1270. The van der Waals surface area contributed by atoms with Gasteiger partial charge in [0.15, 0.2) is 0 Å². The maximum absolute atomic E-state index is 12.9. The van der Waals surface area contributed by atoms with Crippen LogP contribution >= 0.6 is 23.5 Å². The number of thioether (sulfide) groups is 1. The molecule has 0 atom stereocenters. The minimum atomic E-state index is -0.413.